The van der Waals surface area contributed by atoms with Crippen molar-refractivity contribution >= 4 is 11.8 Å². The van der Waals surface area contributed by atoms with Gasteiger partial charge in [-0.25, -0.2) is 9.78 Å². The summed E-state index contributed by atoms with van der Waals surface area (Å²) in [5.41, 5.74) is 0.809. The normalized spacial score (nSPS) is 20.4. The average molecular weight is 236 g/mol. The van der Waals surface area contributed by atoms with Gasteiger partial charge in [0.25, 0.3) is 0 Å². The molecule has 1 atom stereocenters. The molecule has 0 saturated carbocycles. The van der Waals surface area contributed by atoms with Crippen molar-refractivity contribution in [2.45, 2.75) is 20.0 Å². The van der Waals surface area contributed by atoms with Crippen LogP contribution in [0.15, 0.2) is 12.1 Å². The predicted octanol–water partition coefficient (Wildman–Crippen LogP) is 1.31. The Balaban J connectivity index is 2.22. The number of hydrogen-bond acceptors (Lipinski definition) is 4. The molecule has 2 rings (SSSR count). The summed E-state index contributed by atoms with van der Waals surface area (Å²) < 4.78 is 5.46. The van der Waals surface area contributed by atoms with Gasteiger partial charge in [0.2, 0.25) is 0 Å². The van der Waals surface area contributed by atoms with Crippen molar-refractivity contribution in [3.63, 3.8) is 0 Å². The zero-order valence-corrected chi connectivity index (χ0v) is 10.0. The molecule has 1 N–H and O–H groups in total. The lowest BCUT2D eigenvalue weighted by atomic mass is 10.2. The van der Waals surface area contributed by atoms with Crippen LogP contribution in [0.25, 0.3) is 0 Å². The molecule has 0 amide bonds. The van der Waals surface area contributed by atoms with Gasteiger partial charge in [0.1, 0.15) is 5.82 Å². The van der Waals surface area contributed by atoms with Gasteiger partial charge in [-0.1, -0.05) is 0 Å². The molecule has 0 bridgehead atoms. The molecule has 92 valence electrons. The third-order valence-corrected chi connectivity index (χ3v) is 2.87. The molecule has 0 radical (unpaired) electrons. The topological polar surface area (TPSA) is 62.7 Å². The van der Waals surface area contributed by atoms with Gasteiger partial charge in [-0.15, -0.1) is 0 Å². The van der Waals surface area contributed by atoms with E-state index in [0.717, 1.165) is 18.9 Å². The number of carboxylic acids is 1. The SMILES string of the molecule is Cc1nc(N2CCO[C@@H](C)C2)ccc1C(=O)O. The van der Waals surface area contributed by atoms with E-state index in [-0.39, 0.29) is 11.7 Å². The summed E-state index contributed by atoms with van der Waals surface area (Å²) in [6.07, 6.45) is 0.185. The van der Waals surface area contributed by atoms with E-state index in [1.165, 1.54) is 0 Å². The molecule has 5 heteroatoms. The molecular weight excluding hydrogens is 220 g/mol. The van der Waals surface area contributed by atoms with Crippen molar-refractivity contribution in [3.8, 4) is 0 Å². The van der Waals surface area contributed by atoms with Crippen LogP contribution in [0.2, 0.25) is 0 Å². The number of hydrogen-bond donors (Lipinski definition) is 1. The van der Waals surface area contributed by atoms with Crippen LogP contribution in [-0.2, 0) is 4.74 Å². The Hall–Kier alpha value is -1.62. The molecule has 1 saturated heterocycles. The first kappa shape index (κ1) is 11.9. The lowest BCUT2D eigenvalue weighted by Gasteiger charge is -2.32. The van der Waals surface area contributed by atoms with Crippen LogP contribution < -0.4 is 4.90 Å². The molecule has 0 spiro atoms. The highest BCUT2D eigenvalue weighted by atomic mass is 16.5. The summed E-state index contributed by atoms with van der Waals surface area (Å²) >= 11 is 0. The van der Waals surface area contributed by atoms with Crippen LogP contribution in [0.4, 0.5) is 5.82 Å². The van der Waals surface area contributed by atoms with Crippen LogP contribution in [0, 0.1) is 6.92 Å². The van der Waals surface area contributed by atoms with E-state index in [0.29, 0.717) is 12.3 Å². The Kier molecular flexibility index (Phi) is 3.28. The van der Waals surface area contributed by atoms with Gasteiger partial charge < -0.3 is 14.7 Å². The minimum Gasteiger partial charge on any atom is -0.478 e. The standard InChI is InChI=1S/C12H16N2O3/c1-8-7-14(5-6-17-8)11-4-3-10(12(15)16)9(2)13-11/h3-4,8H,5-7H2,1-2H3,(H,15,16)/t8-/m0/s1. The number of ether oxygens (including phenoxy) is 1. The van der Waals surface area contributed by atoms with Crippen LogP contribution >= 0.6 is 0 Å². The summed E-state index contributed by atoms with van der Waals surface area (Å²) in [5, 5.41) is 8.94. The second kappa shape index (κ2) is 4.71. The Labute approximate surface area is 100 Å². The van der Waals surface area contributed by atoms with Crippen molar-refractivity contribution < 1.29 is 14.6 Å². The fourth-order valence-electron chi connectivity index (χ4n) is 1.98. The molecule has 1 aromatic heterocycles. The van der Waals surface area contributed by atoms with Crippen molar-refractivity contribution in [1.82, 2.24) is 4.98 Å². The number of aromatic nitrogens is 1. The summed E-state index contributed by atoms with van der Waals surface area (Å²) in [5.74, 6) is -0.112. The number of morpholine rings is 1. The van der Waals surface area contributed by atoms with Gasteiger partial charge in [-0.05, 0) is 26.0 Å². The molecule has 0 aromatic carbocycles. The molecule has 1 aliphatic rings. The molecule has 17 heavy (non-hydrogen) atoms. The number of anilines is 1. The van der Waals surface area contributed by atoms with Crippen LogP contribution in [0.5, 0.6) is 0 Å². The van der Waals surface area contributed by atoms with Gasteiger partial charge in [0.15, 0.2) is 0 Å². The van der Waals surface area contributed by atoms with E-state index in [1.54, 1.807) is 19.1 Å². The number of rotatable bonds is 2. The van der Waals surface area contributed by atoms with Gasteiger partial charge in [0, 0.05) is 13.1 Å². The maximum Gasteiger partial charge on any atom is 0.337 e. The van der Waals surface area contributed by atoms with E-state index >= 15 is 0 Å². The third-order valence-electron chi connectivity index (χ3n) is 2.87. The lowest BCUT2D eigenvalue weighted by Crippen LogP contribution is -2.41. The van der Waals surface area contributed by atoms with Gasteiger partial charge >= 0.3 is 5.97 Å². The van der Waals surface area contributed by atoms with Crippen molar-refractivity contribution in [3.05, 3.63) is 23.4 Å². The number of aromatic carboxylic acids is 1. The first-order chi connectivity index (χ1) is 8.08. The smallest absolute Gasteiger partial charge is 0.337 e. The second-order valence-corrected chi connectivity index (χ2v) is 4.23. The highest BCUT2D eigenvalue weighted by Crippen LogP contribution is 2.17. The van der Waals surface area contributed by atoms with E-state index in [2.05, 4.69) is 9.88 Å². The number of aryl methyl sites for hydroxylation is 1. The van der Waals surface area contributed by atoms with Crippen molar-refractivity contribution in [2.24, 2.45) is 0 Å². The molecule has 0 unspecified atom stereocenters. The molecule has 0 aliphatic carbocycles. The van der Waals surface area contributed by atoms with E-state index in [4.69, 9.17) is 9.84 Å². The van der Waals surface area contributed by atoms with Gasteiger partial charge in [0.05, 0.1) is 24.0 Å². The fourth-order valence-corrected chi connectivity index (χ4v) is 1.98. The Morgan fingerprint density at radius 2 is 2.35 bits per heavy atom. The van der Waals surface area contributed by atoms with Crippen LogP contribution in [0.1, 0.15) is 23.0 Å². The largest absolute Gasteiger partial charge is 0.478 e. The van der Waals surface area contributed by atoms with Crippen molar-refractivity contribution in [1.29, 1.82) is 0 Å². The Morgan fingerprint density at radius 3 is 2.94 bits per heavy atom. The van der Waals surface area contributed by atoms with Gasteiger partial charge in [-0.3, -0.25) is 0 Å². The van der Waals surface area contributed by atoms with Crippen LogP contribution in [0.3, 0.4) is 0 Å². The van der Waals surface area contributed by atoms with E-state index < -0.39 is 5.97 Å². The maximum absolute atomic E-state index is 10.9. The summed E-state index contributed by atoms with van der Waals surface area (Å²) in [7, 11) is 0. The zero-order valence-electron chi connectivity index (χ0n) is 10.0. The summed E-state index contributed by atoms with van der Waals surface area (Å²) in [4.78, 5) is 17.3. The molecule has 5 nitrogen and oxygen atoms in total. The Morgan fingerprint density at radius 1 is 1.59 bits per heavy atom. The highest BCUT2D eigenvalue weighted by Gasteiger charge is 2.19. The van der Waals surface area contributed by atoms with Crippen molar-refractivity contribution in [2.75, 3.05) is 24.6 Å². The highest BCUT2D eigenvalue weighted by molar-refractivity contribution is 5.89. The van der Waals surface area contributed by atoms with Gasteiger partial charge in [-0.2, -0.15) is 0 Å². The molecule has 1 aliphatic heterocycles. The fraction of sp³-hybridized carbons (Fsp3) is 0.500. The summed E-state index contributed by atoms with van der Waals surface area (Å²) in [6.45, 7) is 6.01. The summed E-state index contributed by atoms with van der Waals surface area (Å²) in [6, 6.07) is 3.37. The monoisotopic (exact) mass is 236 g/mol. The number of carboxylic acid groups (broad SMARTS) is 1. The Bertz CT molecular complexity index is 434. The quantitative estimate of drug-likeness (QED) is 0.839. The second-order valence-electron chi connectivity index (χ2n) is 4.23. The minimum absolute atomic E-state index is 0.185. The third kappa shape index (κ3) is 2.55. The average Bonchev–Trinajstić information content (AvgIpc) is 2.28. The number of pyridine rings is 1. The van der Waals surface area contributed by atoms with Crippen LogP contribution in [-0.4, -0.2) is 41.9 Å². The lowest BCUT2D eigenvalue weighted by molar-refractivity contribution is 0.0529. The molecule has 1 aromatic rings. The minimum atomic E-state index is -0.933. The number of carbonyl (C=O) groups is 1. The molecule has 2 heterocycles. The number of nitrogens with zero attached hydrogens (tertiary/aromatic N) is 2. The zero-order chi connectivity index (χ0) is 12.4. The first-order valence-electron chi connectivity index (χ1n) is 5.65. The maximum atomic E-state index is 10.9. The van der Waals surface area contributed by atoms with E-state index in [9.17, 15) is 4.79 Å². The first-order valence-corrected chi connectivity index (χ1v) is 5.65. The predicted molar refractivity (Wildman–Crippen MR) is 63.6 cm³/mol. The van der Waals surface area contributed by atoms with E-state index in [1.807, 2.05) is 6.92 Å². The molecule has 1 fully saturated rings. The molecular formula is C12H16N2O3.